The molecule has 0 spiro atoms. The van der Waals surface area contributed by atoms with Gasteiger partial charge in [-0.1, -0.05) is 18.9 Å². The van der Waals surface area contributed by atoms with E-state index in [0.717, 1.165) is 49.9 Å². The smallest absolute Gasteiger partial charge is 0.315 e. The molecule has 0 aromatic carbocycles. The highest BCUT2D eigenvalue weighted by atomic mass is 16.2. The van der Waals surface area contributed by atoms with Gasteiger partial charge in [0, 0.05) is 51.5 Å². The minimum atomic E-state index is -0.0636. The highest BCUT2D eigenvalue weighted by Crippen LogP contribution is 2.26. The Kier molecular flexibility index (Phi) is 6.12. The van der Waals surface area contributed by atoms with Crippen molar-refractivity contribution in [3.05, 3.63) is 23.9 Å². The van der Waals surface area contributed by atoms with E-state index < -0.39 is 0 Å². The molecule has 3 fully saturated rings. The molecule has 148 valence electrons. The van der Waals surface area contributed by atoms with Crippen LogP contribution in [0.2, 0.25) is 0 Å². The molecule has 6 nitrogen and oxygen atoms in total. The van der Waals surface area contributed by atoms with Gasteiger partial charge in [-0.15, -0.1) is 0 Å². The minimum absolute atomic E-state index is 0.0636. The Hall–Kier alpha value is -1.82. The quantitative estimate of drug-likeness (QED) is 0.807. The molecule has 1 aromatic rings. The first-order chi connectivity index (χ1) is 13.3. The van der Waals surface area contributed by atoms with Crippen LogP contribution in [0.5, 0.6) is 0 Å². The standard InChI is InChI=1S/C21H33N5O/c27-21(24-19-9-12-25(16-19)15-17-5-1-2-6-17)23-14-18-7-8-20(22-13-18)26-10-3-4-11-26/h7-8,13,17,19H,1-6,9-12,14-16H2,(H2,23,24,27). The van der Waals surface area contributed by atoms with Gasteiger partial charge in [-0.25, -0.2) is 9.78 Å². The topological polar surface area (TPSA) is 60.5 Å². The molecule has 1 aromatic heterocycles. The Bertz CT molecular complexity index is 608. The summed E-state index contributed by atoms with van der Waals surface area (Å²) in [6.45, 7) is 6.06. The van der Waals surface area contributed by atoms with E-state index in [1.165, 1.54) is 45.1 Å². The van der Waals surface area contributed by atoms with Gasteiger partial charge in [-0.3, -0.25) is 0 Å². The van der Waals surface area contributed by atoms with Crippen LogP contribution in [0.25, 0.3) is 0 Å². The molecule has 1 saturated carbocycles. The number of carbonyl (C=O) groups excluding carboxylic acids is 1. The summed E-state index contributed by atoms with van der Waals surface area (Å²) in [5.74, 6) is 1.93. The summed E-state index contributed by atoms with van der Waals surface area (Å²) >= 11 is 0. The van der Waals surface area contributed by atoms with Crippen molar-refractivity contribution in [2.24, 2.45) is 5.92 Å². The molecular weight excluding hydrogens is 338 g/mol. The third-order valence-corrected chi connectivity index (χ3v) is 6.29. The van der Waals surface area contributed by atoms with Gasteiger partial charge in [0.2, 0.25) is 0 Å². The molecule has 3 aliphatic rings. The van der Waals surface area contributed by atoms with Crippen LogP contribution in [-0.2, 0) is 6.54 Å². The fraction of sp³-hybridized carbons (Fsp3) is 0.714. The molecule has 1 aliphatic carbocycles. The Morgan fingerprint density at radius 3 is 2.63 bits per heavy atom. The summed E-state index contributed by atoms with van der Waals surface area (Å²) in [6, 6.07) is 4.35. The molecule has 6 heteroatoms. The maximum atomic E-state index is 12.2. The van der Waals surface area contributed by atoms with Gasteiger partial charge in [0.25, 0.3) is 0 Å². The number of nitrogens with one attached hydrogen (secondary N) is 2. The maximum Gasteiger partial charge on any atom is 0.315 e. The molecule has 1 unspecified atom stereocenters. The zero-order chi connectivity index (χ0) is 18.5. The van der Waals surface area contributed by atoms with Crippen LogP contribution in [0.15, 0.2) is 18.3 Å². The number of hydrogen-bond donors (Lipinski definition) is 2. The fourth-order valence-electron chi connectivity index (χ4n) is 4.75. The number of likely N-dealkylation sites (tertiary alicyclic amines) is 1. The minimum Gasteiger partial charge on any atom is -0.357 e. The third-order valence-electron chi connectivity index (χ3n) is 6.29. The maximum absolute atomic E-state index is 12.2. The van der Waals surface area contributed by atoms with Crippen molar-refractivity contribution in [1.29, 1.82) is 0 Å². The van der Waals surface area contributed by atoms with Gasteiger partial charge in [-0.2, -0.15) is 0 Å². The van der Waals surface area contributed by atoms with Gasteiger partial charge in [-0.05, 0) is 49.7 Å². The number of amides is 2. The largest absolute Gasteiger partial charge is 0.357 e. The lowest BCUT2D eigenvalue weighted by Crippen LogP contribution is -2.43. The molecule has 2 saturated heterocycles. The Labute approximate surface area is 162 Å². The van der Waals surface area contributed by atoms with Gasteiger partial charge >= 0.3 is 6.03 Å². The zero-order valence-corrected chi connectivity index (χ0v) is 16.3. The van der Waals surface area contributed by atoms with Crippen molar-refractivity contribution in [3.63, 3.8) is 0 Å². The van der Waals surface area contributed by atoms with Crippen molar-refractivity contribution in [2.45, 2.75) is 57.5 Å². The average molecular weight is 372 g/mol. The van der Waals surface area contributed by atoms with Crippen LogP contribution >= 0.6 is 0 Å². The first kappa shape index (κ1) is 18.5. The van der Waals surface area contributed by atoms with Crippen molar-refractivity contribution >= 4 is 11.8 Å². The zero-order valence-electron chi connectivity index (χ0n) is 16.3. The summed E-state index contributed by atoms with van der Waals surface area (Å²) in [5, 5.41) is 6.12. The summed E-state index contributed by atoms with van der Waals surface area (Å²) in [5.41, 5.74) is 1.04. The Morgan fingerprint density at radius 2 is 1.89 bits per heavy atom. The number of hydrogen-bond acceptors (Lipinski definition) is 4. The van der Waals surface area contributed by atoms with Crippen LogP contribution in [0, 0.1) is 5.92 Å². The number of nitrogens with zero attached hydrogens (tertiary/aromatic N) is 3. The lowest BCUT2D eigenvalue weighted by Gasteiger charge is -2.20. The highest BCUT2D eigenvalue weighted by Gasteiger charge is 2.26. The molecule has 4 rings (SSSR count). The molecular formula is C21H33N5O. The normalized spacial score (nSPS) is 23.9. The number of urea groups is 1. The van der Waals surface area contributed by atoms with Crippen molar-refractivity contribution in [2.75, 3.05) is 37.6 Å². The van der Waals surface area contributed by atoms with Gasteiger partial charge in [0.15, 0.2) is 0 Å². The van der Waals surface area contributed by atoms with Crippen LogP contribution < -0.4 is 15.5 Å². The van der Waals surface area contributed by atoms with E-state index in [1.54, 1.807) is 0 Å². The third kappa shape index (κ3) is 5.12. The molecule has 0 radical (unpaired) electrons. The Balaban J connectivity index is 1.16. The van der Waals surface area contributed by atoms with E-state index in [4.69, 9.17) is 0 Å². The number of rotatable bonds is 6. The van der Waals surface area contributed by atoms with Gasteiger partial charge in [0.05, 0.1) is 0 Å². The van der Waals surface area contributed by atoms with Crippen LogP contribution in [-0.4, -0.2) is 54.7 Å². The second-order valence-electron chi connectivity index (χ2n) is 8.44. The average Bonchev–Trinajstić information content (AvgIpc) is 3.44. The number of anilines is 1. The van der Waals surface area contributed by atoms with Crippen molar-refractivity contribution < 1.29 is 4.79 Å². The number of carbonyl (C=O) groups is 1. The van der Waals surface area contributed by atoms with Gasteiger partial charge < -0.3 is 20.4 Å². The van der Waals surface area contributed by atoms with Crippen LogP contribution in [0.3, 0.4) is 0 Å². The molecule has 2 N–H and O–H groups in total. The van der Waals surface area contributed by atoms with Crippen LogP contribution in [0.1, 0.15) is 50.5 Å². The van der Waals surface area contributed by atoms with Crippen molar-refractivity contribution in [1.82, 2.24) is 20.5 Å². The lowest BCUT2D eigenvalue weighted by atomic mass is 10.1. The molecule has 27 heavy (non-hydrogen) atoms. The molecule has 3 heterocycles. The molecule has 2 aliphatic heterocycles. The number of aromatic nitrogens is 1. The molecule has 2 amide bonds. The second kappa shape index (κ2) is 8.91. The predicted molar refractivity (Wildman–Crippen MR) is 108 cm³/mol. The fourth-order valence-corrected chi connectivity index (χ4v) is 4.75. The van der Waals surface area contributed by atoms with Crippen molar-refractivity contribution in [3.8, 4) is 0 Å². The Morgan fingerprint density at radius 1 is 1.07 bits per heavy atom. The van der Waals surface area contributed by atoms with Gasteiger partial charge in [0.1, 0.15) is 5.82 Å². The first-order valence-corrected chi connectivity index (χ1v) is 10.7. The molecule has 0 bridgehead atoms. The predicted octanol–water partition coefficient (Wildman–Crippen LogP) is 2.75. The molecule has 1 atom stereocenters. The summed E-state index contributed by atoms with van der Waals surface area (Å²) < 4.78 is 0. The highest BCUT2D eigenvalue weighted by molar-refractivity contribution is 5.74. The SMILES string of the molecule is O=C(NCc1ccc(N2CCCC2)nc1)NC1CCN(CC2CCCC2)C1. The van der Waals surface area contributed by atoms with E-state index >= 15 is 0 Å². The van der Waals surface area contributed by atoms with Crippen LogP contribution in [0.4, 0.5) is 10.6 Å². The monoisotopic (exact) mass is 371 g/mol. The summed E-state index contributed by atoms with van der Waals surface area (Å²) in [6.07, 6.45) is 11.0. The van der Waals surface area contributed by atoms with E-state index in [1.807, 2.05) is 6.20 Å². The van der Waals surface area contributed by atoms with E-state index in [-0.39, 0.29) is 12.1 Å². The second-order valence-corrected chi connectivity index (χ2v) is 8.44. The summed E-state index contributed by atoms with van der Waals surface area (Å²) in [7, 11) is 0. The van der Waals surface area contributed by atoms with E-state index in [0.29, 0.717) is 6.54 Å². The number of pyridine rings is 1. The first-order valence-electron chi connectivity index (χ1n) is 10.7. The lowest BCUT2D eigenvalue weighted by molar-refractivity contribution is 0.234. The van der Waals surface area contributed by atoms with E-state index in [2.05, 4.69) is 37.6 Å². The summed E-state index contributed by atoms with van der Waals surface area (Å²) in [4.78, 5) is 21.6. The van der Waals surface area contributed by atoms with E-state index in [9.17, 15) is 4.79 Å².